The Bertz CT molecular complexity index is 359. The number of ether oxygens (including phenoxy) is 1. The Kier molecular flexibility index (Phi) is 5.39. The van der Waals surface area contributed by atoms with E-state index in [1.54, 1.807) is 20.8 Å². The minimum Gasteiger partial charge on any atom is -0.481 e. The van der Waals surface area contributed by atoms with Gasteiger partial charge in [0.2, 0.25) is 0 Å². The van der Waals surface area contributed by atoms with Crippen LogP contribution in [-0.4, -0.2) is 41.0 Å². The van der Waals surface area contributed by atoms with E-state index in [-0.39, 0.29) is 19.1 Å². The number of nitrogens with one attached hydrogen (secondary N) is 1. The largest absolute Gasteiger partial charge is 0.481 e. The highest BCUT2D eigenvalue weighted by Crippen LogP contribution is 2.48. The molecule has 0 aromatic rings. The van der Waals surface area contributed by atoms with Gasteiger partial charge in [-0.3, -0.25) is 4.79 Å². The summed E-state index contributed by atoms with van der Waals surface area (Å²) in [6.07, 6.45) is 1.88. The molecule has 1 saturated carbocycles. The number of alkyl carbamates (subject to hydrolysis) is 1. The number of carbonyl (C=O) groups is 2. The molecule has 1 amide bonds. The summed E-state index contributed by atoms with van der Waals surface area (Å²) in [5.74, 6) is -0.842. The molecule has 1 aliphatic carbocycles. The quantitative estimate of drug-likeness (QED) is 0.663. The van der Waals surface area contributed by atoms with Gasteiger partial charge in [0.1, 0.15) is 5.60 Å². The molecular formula is C14H25NO5. The fourth-order valence-electron chi connectivity index (χ4n) is 2.37. The number of carbonyl (C=O) groups excluding carboxylic acids is 1. The first-order valence-corrected chi connectivity index (χ1v) is 7.02. The van der Waals surface area contributed by atoms with Gasteiger partial charge in [0, 0.05) is 13.2 Å². The second kappa shape index (κ2) is 6.43. The maximum absolute atomic E-state index is 11.7. The van der Waals surface area contributed by atoms with Crippen LogP contribution in [0.5, 0.6) is 0 Å². The number of amides is 1. The molecule has 0 aliphatic heterocycles. The van der Waals surface area contributed by atoms with E-state index < -0.39 is 23.1 Å². The molecule has 0 heterocycles. The van der Waals surface area contributed by atoms with Crippen molar-refractivity contribution >= 4 is 12.1 Å². The van der Waals surface area contributed by atoms with Crippen LogP contribution in [0.3, 0.4) is 0 Å². The third-order valence-corrected chi connectivity index (χ3v) is 3.51. The molecule has 1 unspecified atom stereocenters. The van der Waals surface area contributed by atoms with Crippen molar-refractivity contribution in [2.24, 2.45) is 11.3 Å². The highest BCUT2D eigenvalue weighted by atomic mass is 16.6. The molecule has 0 saturated heterocycles. The third-order valence-electron chi connectivity index (χ3n) is 3.51. The number of carboxylic acids is 1. The van der Waals surface area contributed by atoms with Crippen LogP contribution in [0.25, 0.3) is 0 Å². The zero-order valence-electron chi connectivity index (χ0n) is 12.4. The lowest BCUT2D eigenvalue weighted by Crippen LogP contribution is -2.46. The fraction of sp³-hybridized carbons (Fsp3) is 0.857. The first-order chi connectivity index (χ1) is 9.21. The number of rotatable bonds is 7. The van der Waals surface area contributed by atoms with Crippen molar-refractivity contribution in [2.75, 3.05) is 13.2 Å². The van der Waals surface area contributed by atoms with Crippen LogP contribution >= 0.6 is 0 Å². The summed E-state index contributed by atoms with van der Waals surface area (Å²) < 4.78 is 5.13. The summed E-state index contributed by atoms with van der Waals surface area (Å²) in [5.41, 5.74) is -1.60. The van der Waals surface area contributed by atoms with Gasteiger partial charge >= 0.3 is 12.1 Å². The van der Waals surface area contributed by atoms with E-state index in [4.69, 9.17) is 9.84 Å². The van der Waals surface area contributed by atoms with E-state index in [2.05, 4.69) is 5.32 Å². The summed E-state index contributed by atoms with van der Waals surface area (Å²) in [6.45, 7) is 5.26. The van der Waals surface area contributed by atoms with Gasteiger partial charge in [-0.2, -0.15) is 0 Å². The summed E-state index contributed by atoms with van der Waals surface area (Å²) in [7, 11) is 0. The third kappa shape index (κ3) is 4.67. The molecule has 6 heteroatoms. The highest BCUT2D eigenvalue weighted by molar-refractivity contribution is 5.77. The van der Waals surface area contributed by atoms with Gasteiger partial charge < -0.3 is 20.3 Å². The van der Waals surface area contributed by atoms with E-state index in [9.17, 15) is 14.7 Å². The predicted octanol–water partition coefficient (Wildman–Crippen LogP) is 1.76. The molecule has 0 bridgehead atoms. The van der Waals surface area contributed by atoms with Crippen molar-refractivity contribution in [1.82, 2.24) is 5.32 Å². The van der Waals surface area contributed by atoms with E-state index >= 15 is 0 Å². The molecule has 0 aromatic heterocycles. The SMILES string of the molecule is CC(C)(C)OC(=O)NCC(CCCO)(C(=O)O)C1CC1. The lowest BCUT2D eigenvalue weighted by molar-refractivity contribution is -0.150. The molecule has 1 fully saturated rings. The Morgan fingerprint density at radius 3 is 2.30 bits per heavy atom. The minimum atomic E-state index is -0.986. The van der Waals surface area contributed by atoms with Crippen LogP contribution in [0.15, 0.2) is 0 Å². The van der Waals surface area contributed by atoms with Crippen molar-refractivity contribution in [3.05, 3.63) is 0 Å². The Morgan fingerprint density at radius 1 is 1.30 bits per heavy atom. The molecule has 6 nitrogen and oxygen atoms in total. The van der Waals surface area contributed by atoms with Gasteiger partial charge in [0.25, 0.3) is 0 Å². The van der Waals surface area contributed by atoms with E-state index in [0.717, 1.165) is 12.8 Å². The Hall–Kier alpha value is -1.30. The van der Waals surface area contributed by atoms with Crippen LogP contribution in [0, 0.1) is 11.3 Å². The normalized spacial score (nSPS) is 18.2. The maximum Gasteiger partial charge on any atom is 0.407 e. The predicted molar refractivity (Wildman–Crippen MR) is 73.3 cm³/mol. The molecule has 20 heavy (non-hydrogen) atoms. The van der Waals surface area contributed by atoms with E-state index in [1.807, 2.05) is 0 Å². The smallest absolute Gasteiger partial charge is 0.407 e. The Labute approximate surface area is 119 Å². The summed E-state index contributed by atoms with van der Waals surface area (Å²) in [4.78, 5) is 23.3. The molecule has 1 aliphatic rings. The van der Waals surface area contributed by atoms with Crippen LogP contribution in [0.1, 0.15) is 46.5 Å². The molecule has 1 rings (SSSR count). The van der Waals surface area contributed by atoms with Crippen molar-refractivity contribution in [1.29, 1.82) is 0 Å². The van der Waals surface area contributed by atoms with Crippen LogP contribution in [0.4, 0.5) is 4.79 Å². The zero-order valence-corrected chi connectivity index (χ0v) is 12.4. The van der Waals surface area contributed by atoms with Gasteiger partial charge in [-0.05, 0) is 52.4 Å². The second-order valence-electron chi connectivity index (χ2n) is 6.42. The fourth-order valence-corrected chi connectivity index (χ4v) is 2.37. The van der Waals surface area contributed by atoms with Gasteiger partial charge in [-0.15, -0.1) is 0 Å². The van der Waals surface area contributed by atoms with Crippen molar-refractivity contribution in [3.63, 3.8) is 0 Å². The van der Waals surface area contributed by atoms with Gasteiger partial charge in [-0.25, -0.2) is 4.79 Å². The molecule has 116 valence electrons. The monoisotopic (exact) mass is 287 g/mol. The molecule has 0 aromatic carbocycles. The summed E-state index contributed by atoms with van der Waals surface area (Å²) in [5, 5.41) is 21.0. The topological polar surface area (TPSA) is 95.9 Å². The van der Waals surface area contributed by atoms with Crippen molar-refractivity contribution < 1.29 is 24.5 Å². The van der Waals surface area contributed by atoms with Crippen LogP contribution < -0.4 is 5.32 Å². The lowest BCUT2D eigenvalue weighted by Gasteiger charge is -2.30. The summed E-state index contributed by atoms with van der Waals surface area (Å²) >= 11 is 0. The van der Waals surface area contributed by atoms with Crippen LogP contribution in [-0.2, 0) is 9.53 Å². The first kappa shape index (κ1) is 16.8. The van der Waals surface area contributed by atoms with E-state index in [1.165, 1.54) is 0 Å². The molecule has 1 atom stereocenters. The highest BCUT2D eigenvalue weighted by Gasteiger charge is 2.50. The zero-order chi connectivity index (χ0) is 15.4. The lowest BCUT2D eigenvalue weighted by atomic mass is 9.78. The molecule has 3 N–H and O–H groups in total. The van der Waals surface area contributed by atoms with Crippen LogP contribution in [0.2, 0.25) is 0 Å². The van der Waals surface area contributed by atoms with Gasteiger partial charge in [-0.1, -0.05) is 0 Å². The van der Waals surface area contributed by atoms with E-state index in [0.29, 0.717) is 12.8 Å². The second-order valence-corrected chi connectivity index (χ2v) is 6.42. The average molecular weight is 287 g/mol. The minimum absolute atomic E-state index is 0.0436. The standard InChI is InChI=1S/C14H25NO5/c1-13(2,3)20-12(19)15-9-14(11(17)18,7-4-8-16)10-5-6-10/h10,16H,4-9H2,1-3H3,(H,15,19)(H,17,18). The Balaban J connectivity index is 2.65. The van der Waals surface area contributed by atoms with Crippen molar-refractivity contribution in [2.45, 2.75) is 52.1 Å². The molecular weight excluding hydrogens is 262 g/mol. The maximum atomic E-state index is 11.7. The molecule has 0 spiro atoms. The number of hydrogen-bond donors (Lipinski definition) is 3. The number of hydrogen-bond acceptors (Lipinski definition) is 4. The van der Waals surface area contributed by atoms with Gasteiger partial charge in [0.15, 0.2) is 0 Å². The number of aliphatic carboxylic acids is 1. The Morgan fingerprint density at radius 2 is 1.90 bits per heavy atom. The number of carboxylic acid groups (broad SMARTS) is 1. The first-order valence-electron chi connectivity index (χ1n) is 7.02. The molecule has 0 radical (unpaired) electrons. The number of aliphatic hydroxyl groups is 1. The van der Waals surface area contributed by atoms with Gasteiger partial charge in [0.05, 0.1) is 5.41 Å². The summed E-state index contributed by atoms with van der Waals surface area (Å²) in [6, 6.07) is 0. The number of aliphatic hydroxyl groups excluding tert-OH is 1. The average Bonchev–Trinajstić information content (AvgIpc) is 3.11. The van der Waals surface area contributed by atoms with Crippen molar-refractivity contribution in [3.8, 4) is 0 Å².